The third-order valence-electron chi connectivity index (χ3n) is 16.8. The topological polar surface area (TPSA) is 128 Å². The van der Waals surface area contributed by atoms with E-state index in [1.54, 1.807) is 19.0 Å². The number of aliphatic hydroxyl groups is 2. The summed E-state index contributed by atoms with van der Waals surface area (Å²) in [5, 5.41) is 23.3. The molecule has 2 saturated carbocycles. The number of nitrogens with zero attached hydrogens (tertiary/aromatic N) is 2. The lowest BCUT2D eigenvalue weighted by atomic mass is 9.56. The Labute approximate surface area is 367 Å². The number of aliphatic hydroxyl groups excluding tert-OH is 2. The van der Waals surface area contributed by atoms with Gasteiger partial charge in [-0.3, -0.25) is 19.2 Å². The van der Waals surface area contributed by atoms with Crippen molar-refractivity contribution in [1.29, 1.82) is 0 Å². The van der Waals surface area contributed by atoms with Gasteiger partial charge in [-0.15, -0.1) is 0 Å². The monoisotopic (exact) mass is 843 g/mol. The molecule has 61 heavy (non-hydrogen) atoms. The van der Waals surface area contributed by atoms with E-state index in [1.165, 1.54) is 10.5 Å². The number of likely N-dealkylation sites (tertiary alicyclic amines) is 2. The molecule has 5 fully saturated rings. The standard InChI is InChI=1S/C26H39NO4.C26H39NO3/c1-13(2)10-19-23(28)22(25(30)27(19)7)24(29)21-18(26(6)16(5)31-26)9-8-17-12-14(3)11-15(4)20(17)21;1-8-15(4)19-11-10-18-13-14(3)12-17(6)20(18)21(19)24(28)22-25(29)23(16(5)9-2)27(7)26(22)30/h8-9,13-21,29H,10-12H2,1-7H3;8,10-11,14,16-21,23,28H,9,12-13H2,1-7H3/b24-22+;15-8-,24-22+. The Bertz CT molecular complexity index is 1890. The van der Waals surface area contributed by atoms with Crippen molar-refractivity contribution in [1.82, 2.24) is 9.80 Å². The number of hydrogen-bond donors (Lipinski definition) is 2. The molecule has 3 aliphatic heterocycles. The van der Waals surface area contributed by atoms with Crippen LogP contribution >= 0.6 is 0 Å². The summed E-state index contributed by atoms with van der Waals surface area (Å²) in [6.07, 6.45) is 17.1. The summed E-state index contributed by atoms with van der Waals surface area (Å²) in [6.45, 7) is 25.5. The number of ketones is 2. The first-order valence-electron chi connectivity index (χ1n) is 23.8. The number of carbonyl (C=O) groups excluding carboxylic acids is 4. The number of epoxide rings is 1. The van der Waals surface area contributed by atoms with Crippen molar-refractivity contribution in [3.63, 3.8) is 0 Å². The second-order valence-electron chi connectivity index (χ2n) is 21.5. The van der Waals surface area contributed by atoms with E-state index in [-0.39, 0.29) is 99.2 Å². The highest BCUT2D eigenvalue weighted by atomic mass is 16.6. The molecule has 2 amide bonds. The number of hydrogen-bond acceptors (Lipinski definition) is 7. The molecule has 2 N–H and O–H groups in total. The van der Waals surface area contributed by atoms with Gasteiger partial charge in [0, 0.05) is 37.8 Å². The third-order valence-corrected chi connectivity index (χ3v) is 16.8. The lowest BCUT2D eigenvalue weighted by molar-refractivity contribution is -0.126. The maximum absolute atomic E-state index is 13.3. The number of likely N-dealkylation sites (N-methyl/N-ethyl adjacent to an activating group) is 2. The van der Waals surface area contributed by atoms with E-state index >= 15 is 0 Å². The van der Waals surface area contributed by atoms with Gasteiger partial charge in [0.25, 0.3) is 11.8 Å². The minimum Gasteiger partial charge on any atom is -0.511 e. The molecule has 9 nitrogen and oxygen atoms in total. The van der Waals surface area contributed by atoms with E-state index in [0.717, 1.165) is 32.1 Å². The Morgan fingerprint density at radius 1 is 0.787 bits per heavy atom. The van der Waals surface area contributed by atoms with Gasteiger partial charge in [0.05, 0.1) is 23.8 Å². The number of Topliss-reactive ketones (excluding diaryl/α,β-unsaturated/α-hetero) is 2. The Balaban J connectivity index is 0.000000204. The summed E-state index contributed by atoms with van der Waals surface area (Å²) in [6, 6.07) is -0.951. The normalized spacial score (nSPS) is 43.3. The molecule has 0 spiro atoms. The van der Waals surface area contributed by atoms with Crippen molar-refractivity contribution in [3.8, 4) is 0 Å². The minimum atomic E-state index is -0.478. The molecular formula is C52H78N2O7. The molecule has 0 aromatic heterocycles. The maximum Gasteiger partial charge on any atom is 0.261 e. The number of allylic oxidation sites excluding steroid dienone is 7. The predicted molar refractivity (Wildman–Crippen MR) is 241 cm³/mol. The van der Waals surface area contributed by atoms with Crippen LogP contribution in [0.1, 0.15) is 122 Å². The molecule has 0 bridgehead atoms. The first-order valence-corrected chi connectivity index (χ1v) is 23.8. The van der Waals surface area contributed by atoms with Crippen LogP contribution in [0.2, 0.25) is 0 Å². The largest absolute Gasteiger partial charge is 0.511 e. The molecule has 0 aromatic rings. The zero-order chi connectivity index (χ0) is 45.2. The second kappa shape index (κ2) is 18.0. The van der Waals surface area contributed by atoms with E-state index < -0.39 is 12.1 Å². The number of ether oxygens (including phenoxy) is 1. The third kappa shape index (κ3) is 8.40. The highest BCUT2D eigenvalue weighted by Crippen LogP contribution is 2.58. The number of rotatable bonds is 8. The Morgan fingerprint density at radius 3 is 1.79 bits per heavy atom. The quantitative estimate of drug-likeness (QED) is 0.0819. The van der Waals surface area contributed by atoms with Crippen LogP contribution in [-0.2, 0) is 23.9 Å². The summed E-state index contributed by atoms with van der Waals surface area (Å²) < 4.78 is 6.01. The lowest BCUT2D eigenvalue weighted by Crippen LogP contribution is -2.45. The zero-order valence-electron chi connectivity index (χ0n) is 39.8. The second-order valence-corrected chi connectivity index (χ2v) is 21.5. The molecule has 7 aliphatic rings. The molecule has 0 aromatic carbocycles. The fourth-order valence-electron chi connectivity index (χ4n) is 13.2. The highest BCUT2D eigenvalue weighted by Gasteiger charge is 2.61. The van der Waals surface area contributed by atoms with Gasteiger partial charge in [-0.2, -0.15) is 0 Å². The lowest BCUT2D eigenvalue weighted by Gasteiger charge is -2.48. The Hall–Kier alpha value is -3.46. The molecule has 17 unspecified atom stereocenters. The van der Waals surface area contributed by atoms with Crippen molar-refractivity contribution in [2.45, 2.75) is 145 Å². The predicted octanol–water partition coefficient (Wildman–Crippen LogP) is 9.85. The fraction of sp³-hybridized carbons (Fsp3) is 0.731. The molecule has 9 heteroatoms. The fourth-order valence-corrected chi connectivity index (χ4v) is 13.2. The van der Waals surface area contributed by atoms with Gasteiger partial charge in [0.15, 0.2) is 11.6 Å². The van der Waals surface area contributed by atoms with Gasteiger partial charge in [-0.1, -0.05) is 97.8 Å². The molecule has 3 heterocycles. The van der Waals surface area contributed by atoms with Crippen LogP contribution in [0, 0.1) is 82.9 Å². The van der Waals surface area contributed by atoms with Crippen molar-refractivity contribution >= 4 is 23.4 Å². The van der Waals surface area contributed by atoms with E-state index in [0.29, 0.717) is 47.8 Å². The smallest absolute Gasteiger partial charge is 0.261 e. The summed E-state index contributed by atoms with van der Waals surface area (Å²) in [7, 11) is 3.38. The van der Waals surface area contributed by atoms with Crippen molar-refractivity contribution in [2.24, 2.45) is 82.9 Å². The van der Waals surface area contributed by atoms with Gasteiger partial charge in [-0.25, -0.2) is 0 Å². The summed E-state index contributed by atoms with van der Waals surface area (Å²) >= 11 is 0. The molecule has 17 atom stereocenters. The van der Waals surface area contributed by atoms with Crippen LogP contribution in [0.25, 0.3) is 0 Å². The minimum absolute atomic E-state index is 0.0165. The summed E-state index contributed by atoms with van der Waals surface area (Å²) in [5.41, 5.74) is 0.885. The molecule has 338 valence electrons. The Morgan fingerprint density at radius 2 is 1.28 bits per heavy atom. The first kappa shape index (κ1) is 47.0. The summed E-state index contributed by atoms with van der Waals surface area (Å²) in [5.74, 6) is 2.17. The van der Waals surface area contributed by atoms with Gasteiger partial charge in [0.1, 0.15) is 22.7 Å². The van der Waals surface area contributed by atoms with Crippen LogP contribution in [0.15, 0.2) is 58.6 Å². The van der Waals surface area contributed by atoms with E-state index in [4.69, 9.17) is 4.74 Å². The zero-order valence-corrected chi connectivity index (χ0v) is 39.8. The van der Waals surface area contributed by atoms with Crippen LogP contribution in [0.4, 0.5) is 0 Å². The number of fused-ring (bicyclic) bond motifs is 2. The van der Waals surface area contributed by atoms with E-state index in [9.17, 15) is 29.4 Å². The SMILES string of the molecule is C/C=C(/C)C1C=CC2CC(C)CC(C)C2C1/C(O)=C1/C(=O)C(C(C)CC)N(C)C1=O.CC(C)CC1C(=O)/C(=C(\O)C2C3C(C)CC(C)CC3C=CC2C2(C)OC2C)C(=O)N1C. The van der Waals surface area contributed by atoms with Crippen LogP contribution in [-0.4, -0.2) is 81.3 Å². The van der Waals surface area contributed by atoms with E-state index in [1.807, 2.05) is 20.8 Å². The first-order chi connectivity index (χ1) is 28.6. The molecular weight excluding hydrogens is 765 g/mol. The molecule has 4 aliphatic carbocycles. The van der Waals surface area contributed by atoms with Crippen molar-refractivity contribution in [2.75, 3.05) is 14.1 Å². The van der Waals surface area contributed by atoms with Gasteiger partial charge >= 0.3 is 0 Å². The maximum atomic E-state index is 13.3. The molecule has 7 rings (SSSR count). The van der Waals surface area contributed by atoms with Crippen LogP contribution < -0.4 is 0 Å². The molecule has 0 radical (unpaired) electrons. The van der Waals surface area contributed by atoms with Crippen LogP contribution in [0.3, 0.4) is 0 Å². The molecule has 3 saturated heterocycles. The average molecular weight is 843 g/mol. The van der Waals surface area contributed by atoms with Crippen molar-refractivity contribution < 1.29 is 34.1 Å². The van der Waals surface area contributed by atoms with Gasteiger partial charge in [0.2, 0.25) is 0 Å². The van der Waals surface area contributed by atoms with Crippen molar-refractivity contribution in [3.05, 3.63) is 58.6 Å². The number of carbonyl (C=O) groups is 4. The van der Waals surface area contributed by atoms with Gasteiger partial charge in [-0.05, 0) is 119 Å². The average Bonchev–Trinajstić information content (AvgIpc) is 3.68. The summed E-state index contributed by atoms with van der Waals surface area (Å²) in [4.78, 5) is 56.0. The highest BCUT2D eigenvalue weighted by molar-refractivity contribution is 6.27. The van der Waals surface area contributed by atoms with E-state index in [2.05, 4.69) is 92.7 Å². The number of amides is 2. The Kier molecular flexibility index (Phi) is 13.8. The van der Waals surface area contributed by atoms with Crippen LogP contribution in [0.5, 0.6) is 0 Å². The van der Waals surface area contributed by atoms with Gasteiger partial charge < -0.3 is 24.7 Å².